The second kappa shape index (κ2) is 5.85. The van der Waals surface area contributed by atoms with Gasteiger partial charge in [-0.05, 0) is 12.8 Å². The lowest BCUT2D eigenvalue weighted by molar-refractivity contribution is -0.136. The van der Waals surface area contributed by atoms with Gasteiger partial charge in [-0.2, -0.15) is 0 Å². The predicted molar refractivity (Wildman–Crippen MR) is 60.5 cm³/mol. The van der Waals surface area contributed by atoms with E-state index in [0.29, 0.717) is 12.8 Å². The normalized spacial score (nSPS) is 22.0. The molecule has 1 atom stereocenters. The second-order valence-electron chi connectivity index (χ2n) is 3.91. The molecule has 98 valence electrons. The lowest BCUT2D eigenvalue weighted by Crippen LogP contribution is -2.41. The lowest BCUT2D eigenvalue weighted by atomic mass is 10.2. The van der Waals surface area contributed by atoms with Gasteiger partial charge in [0.05, 0.1) is 17.4 Å². The Kier molecular flexibility index (Phi) is 4.73. The fraction of sp³-hybridized carbons (Fsp3) is 0.778. The lowest BCUT2D eigenvalue weighted by Gasteiger charge is -2.11. The van der Waals surface area contributed by atoms with E-state index in [1.165, 1.54) is 0 Å². The standard InChI is InChI=1S/C9H16N2O5S/c12-8(13)3-4-10-9(14)11-6-7-2-1-5-17(7,15)16/h7H,1-6H2,(H,12,13)(H2,10,11,14). The van der Waals surface area contributed by atoms with Gasteiger partial charge in [-0.25, -0.2) is 13.2 Å². The molecule has 8 heteroatoms. The summed E-state index contributed by atoms with van der Waals surface area (Å²) in [4.78, 5) is 21.4. The van der Waals surface area contributed by atoms with Crippen molar-refractivity contribution < 1.29 is 23.1 Å². The van der Waals surface area contributed by atoms with Gasteiger partial charge in [0.2, 0.25) is 0 Å². The van der Waals surface area contributed by atoms with Crippen LogP contribution in [0.2, 0.25) is 0 Å². The molecule has 1 saturated heterocycles. The van der Waals surface area contributed by atoms with E-state index in [-0.39, 0.29) is 25.3 Å². The Morgan fingerprint density at radius 2 is 2.00 bits per heavy atom. The SMILES string of the molecule is O=C(O)CCNC(=O)NCC1CCCS1(=O)=O. The van der Waals surface area contributed by atoms with E-state index in [9.17, 15) is 18.0 Å². The van der Waals surface area contributed by atoms with Crippen molar-refractivity contribution in [3.8, 4) is 0 Å². The fourth-order valence-electron chi connectivity index (χ4n) is 1.64. The van der Waals surface area contributed by atoms with Gasteiger partial charge in [0.25, 0.3) is 0 Å². The summed E-state index contributed by atoms with van der Waals surface area (Å²) in [5.74, 6) is -0.816. The zero-order valence-corrected chi connectivity index (χ0v) is 10.1. The molecule has 1 heterocycles. The monoisotopic (exact) mass is 264 g/mol. The van der Waals surface area contributed by atoms with Gasteiger partial charge < -0.3 is 15.7 Å². The summed E-state index contributed by atoms with van der Waals surface area (Å²) >= 11 is 0. The summed E-state index contributed by atoms with van der Waals surface area (Å²) in [6.45, 7) is 0.111. The van der Waals surface area contributed by atoms with E-state index in [0.717, 1.165) is 0 Å². The zero-order chi connectivity index (χ0) is 12.9. The van der Waals surface area contributed by atoms with Gasteiger partial charge in [0.1, 0.15) is 0 Å². The Labute approximate surface area is 99.5 Å². The van der Waals surface area contributed by atoms with Crippen molar-refractivity contribution in [1.82, 2.24) is 10.6 Å². The van der Waals surface area contributed by atoms with Crippen molar-refractivity contribution in [3.63, 3.8) is 0 Å². The molecule has 17 heavy (non-hydrogen) atoms. The van der Waals surface area contributed by atoms with Gasteiger partial charge >= 0.3 is 12.0 Å². The summed E-state index contributed by atoms with van der Waals surface area (Å²) in [5, 5.41) is 12.6. The van der Waals surface area contributed by atoms with Crippen LogP contribution < -0.4 is 10.6 Å². The molecule has 1 aliphatic rings. The largest absolute Gasteiger partial charge is 0.481 e. The number of rotatable bonds is 5. The fourth-order valence-corrected chi connectivity index (χ4v) is 3.40. The molecule has 1 rings (SSSR count). The highest BCUT2D eigenvalue weighted by atomic mass is 32.2. The summed E-state index contributed by atoms with van der Waals surface area (Å²) in [6.07, 6.45) is 1.04. The Balaban J connectivity index is 2.22. The number of urea groups is 1. The second-order valence-corrected chi connectivity index (χ2v) is 6.31. The van der Waals surface area contributed by atoms with Crippen LogP contribution in [0.25, 0.3) is 0 Å². The van der Waals surface area contributed by atoms with Crippen LogP contribution in [0.4, 0.5) is 4.79 Å². The average molecular weight is 264 g/mol. The van der Waals surface area contributed by atoms with Crippen molar-refractivity contribution in [2.24, 2.45) is 0 Å². The number of hydrogen-bond donors (Lipinski definition) is 3. The van der Waals surface area contributed by atoms with E-state index in [1.54, 1.807) is 0 Å². The molecular weight excluding hydrogens is 248 g/mol. The first kappa shape index (κ1) is 13.8. The first-order chi connectivity index (χ1) is 7.92. The molecule has 0 radical (unpaired) electrons. The number of carboxylic acids is 1. The molecule has 0 aliphatic carbocycles. The van der Waals surface area contributed by atoms with Crippen LogP contribution in [0.15, 0.2) is 0 Å². The van der Waals surface area contributed by atoms with Gasteiger partial charge in [-0.15, -0.1) is 0 Å². The number of hydrogen-bond acceptors (Lipinski definition) is 4. The van der Waals surface area contributed by atoms with Crippen LogP contribution in [-0.4, -0.2) is 49.6 Å². The van der Waals surface area contributed by atoms with Crippen LogP contribution in [0.3, 0.4) is 0 Å². The molecular formula is C9H16N2O5S. The third-order valence-corrected chi connectivity index (χ3v) is 4.85. The summed E-state index contributed by atoms with van der Waals surface area (Å²) in [5.41, 5.74) is 0. The summed E-state index contributed by atoms with van der Waals surface area (Å²) in [6, 6.07) is -0.534. The van der Waals surface area contributed by atoms with Crippen LogP contribution in [0.1, 0.15) is 19.3 Å². The molecule has 0 saturated carbocycles. The number of amides is 2. The molecule has 0 bridgehead atoms. The number of aliphatic carboxylic acids is 1. The molecule has 2 amide bonds. The van der Waals surface area contributed by atoms with Crippen molar-refractivity contribution in [1.29, 1.82) is 0 Å². The maximum absolute atomic E-state index is 11.4. The first-order valence-corrected chi connectivity index (χ1v) is 7.08. The summed E-state index contributed by atoms with van der Waals surface area (Å²) in [7, 11) is -3.05. The maximum atomic E-state index is 11.4. The van der Waals surface area contributed by atoms with Gasteiger partial charge in [-0.1, -0.05) is 0 Å². The van der Waals surface area contributed by atoms with Crippen LogP contribution in [-0.2, 0) is 14.6 Å². The topological polar surface area (TPSA) is 113 Å². The minimum absolute atomic E-state index is 0.0264. The highest BCUT2D eigenvalue weighted by molar-refractivity contribution is 7.92. The third-order valence-electron chi connectivity index (χ3n) is 2.58. The van der Waals surface area contributed by atoms with Crippen molar-refractivity contribution in [2.45, 2.75) is 24.5 Å². The third kappa shape index (κ3) is 4.59. The number of nitrogens with one attached hydrogen (secondary N) is 2. The smallest absolute Gasteiger partial charge is 0.314 e. The molecule has 3 N–H and O–H groups in total. The molecule has 1 unspecified atom stereocenters. The maximum Gasteiger partial charge on any atom is 0.314 e. The summed E-state index contributed by atoms with van der Waals surface area (Å²) < 4.78 is 22.9. The quantitative estimate of drug-likeness (QED) is 0.610. The van der Waals surface area contributed by atoms with Crippen LogP contribution in [0, 0.1) is 0 Å². The molecule has 0 aromatic rings. The Bertz CT molecular complexity index is 392. The van der Waals surface area contributed by atoms with Gasteiger partial charge in [-0.3, -0.25) is 4.79 Å². The zero-order valence-electron chi connectivity index (χ0n) is 9.31. The van der Waals surface area contributed by atoms with E-state index in [4.69, 9.17) is 5.11 Å². The number of carboxylic acid groups (broad SMARTS) is 1. The van der Waals surface area contributed by atoms with Crippen LogP contribution >= 0.6 is 0 Å². The highest BCUT2D eigenvalue weighted by Crippen LogP contribution is 2.18. The Morgan fingerprint density at radius 1 is 1.29 bits per heavy atom. The van der Waals surface area contributed by atoms with Gasteiger partial charge in [0, 0.05) is 13.1 Å². The number of carbonyl (C=O) groups excluding carboxylic acids is 1. The van der Waals surface area contributed by atoms with E-state index >= 15 is 0 Å². The molecule has 0 spiro atoms. The first-order valence-electron chi connectivity index (χ1n) is 5.37. The number of sulfone groups is 1. The van der Waals surface area contributed by atoms with Gasteiger partial charge in [0.15, 0.2) is 9.84 Å². The highest BCUT2D eigenvalue weighted by Gasteiger charge is 2.31. The Hall–Kier alpha value is -1.31. The van der Waals surface area contributed by atoms with E-state index in [2.05, 4.69) is 10.6 Å². The molecule has 1 aliphatic heterocycles. The van der Waals surface area contributed by atoms with E-state index < -0.39 is 27.1 Å². The van der Waals surface area contributed by atoms with E-state index in [1.807, 2.05) is 0 Å². The predicted octanol–water partition coefficient (Wildman–Crippen LogP) is -0.662. The van der Waals surface area contributed by atoms with Crippen molar-refractivity contribution in [2.75, 3.05) is 18.8 Å². The van der Waals surface area contributed by atoms with Crippen LogP contribution in [0.5, 0.6) is 0 Å². The minimum atomic E-state index is -3.05. The molecule has 0 aromatic carbocycles. The molecule has 1 fully saturated rings. The molecule has 7 nitrogen and oxygen atoms in total. The van der Waals surface area contributed by atoms with Crippen molar-refractivity contribution in [3.05, 3.63) is 0 Å². The molecule has 0 aromatic heterocycles. The average Bonchev–Trinajstić information content (AvgIpc) is 2.54. The Morgan fingerprint density at radius 3 is 2.53 bits per heavy atom. The number of carbonyl (C=O) groups is 2. The van der Waals surface area contributed by atoms with Crippen molar-refractivity contribution >= 4 is 21.8 Å². The minimum Gasteiger partial charge on any atom is -0.481 e.